The maximum atomic E-state index is 6.02. The van der Waals surface area contributed by atoms with E-state index in [0.717, 1.165) is 30.3 Å². The van der Waals surface area contributed by atoms with E-state index >= 15 is 0 Å². The van der Waals surface area contributed by atoms with Crippen molar-refractivity contribution in [1.82, 2.24) is 24.9 Å². The predicted molar refractivity (Wildman–Crippen MR) is 96.1 cm³/mol. The molecule has 0 aliphatic carbocycles. The van der Waals surface area contributed by atoms with E-state index in [1.165, 1.54) is 11.3 Å². The molecule has 0 spiro atoms. The molecule has 0 saturated heterocycles. The molecule has 25 heavy (non-hydrogen) atoms. The number of nitrogens with zero attached hydrogens (tertiary/aromatic N) is 5. The third kappa shape index (κ3) is 3.78. The van der Waals surface area contributed by atoms with Gasteiger partial charge in [0.2, 0.25) is 0 Å². The zero-order valence-corrected chi connectivity index (χ0v) is 15.0. The molecule has 1 atom stereocenters. The molecule has 3 aromatic rings. The van der Waals surface area contributed by atoms with Gasteiger partial charge < -0.3 is 4.74 Å². The lowest BCUT2D eigenvalue weighted by atomic mass is 9.99. The first kappa shape index (κ1) is 16.4. The van der Waals surface area contributed by atoms with Crippen LogP contribution in [-0.4, -0.2) is 38.0 Å². The molecule has 0 fully saturated rings. The molecule has 0 saturated carbocycles. The first-order chi connectivity index (χ1) is 12.3. The van der Waals surface area contributed by atoms with Crippen LogP contribution in [0.2, 0.25) is 0 Å². The Morgan fingerprint density at radius 2 is 2.16 bits per heavy atom. The molecular formula is C18H21N5OS. The average Bonchev–Trinajstić information content (AvgIpc) is 3.26. The van der Waals surface area contributed by atoms with Gasteiger partial charge in [-0.1, -0.05) is 35.5 Å². The minimum Gasteiger partial charge on any atom is -0.376 e. The summed E-state index contributed by atoms with van der Waals surface area (Å²) in [6.45, 7) is 3.89. The quantitative estimate of drug-likeness (QED) is 0.680. The van der Waals surface area contributed by atoms with Crippen molar-refractivity contribution in [2.45, 2.75) is 25.6 Å². The number of aryl methyl sites for hydroxylation is 1. The normalized spacial score (nSPS) is 17.6. The smallest absolute Gasteiger partial charge is 0.107 e. The van der Waals surface area contributed by atoms with Gasteiger partial charge in [0.25, 0.3) is 0 Å². The fourth-order valence-electron chi connectivity index (χ4n) is 3.36. The van der Waals surface area contributed by atoms with Gasteiger partial charge in [-0.05, 0) is 5.56 Å². The molecule has 0 radical (unpaired) electrons. The highest BCUT2D eigenvalue weighted by Gasteiger charge is 2.30. The van der Waals surface area contributed by atoms with Gasteiger partial charge in [0.1, 0.15) is 10.7 Å². The molecule has 0 amide bonds. The van der Waals surface area contributed by atoms with Gasteiger partial charge in [-0.15, -0.1) is 16.4 Å². The van der Waals surface area contributed by atoms with Crippen molar-refractivity contribution in [3.63, 3.8) is 0 Å². The van der Waals surface area contributed by atoms with Crippen LogP contribution in [0.5, 0.6) is 0 Å². The topological polar surface area (TPSA) is 56.1 Å². The van der Waals surface area contributed by atoms with Gasteiger partial charge in [0.05, 0.1) is 25.5 Å². The second-order valence-electron chi connectivity index (χ2n) is 6.34. The summed E-state index contributed by atoms with van der Waals surface area (Å²) >= 11 is 1.69. The third-order valence-electron chi connectivity index (χ3n) is 4.46. The summed E-state index contributed by atoms with van der Waals surface area (Å²) in [6, 6.07) is 10.3. The number of fused-ring (bicyclic) bond motifs is 1. The summed E-state index contributed by atoms with van der Waals surface area (Å²) in [5.41, 5.74) is 3.45. The van der Waals surface area contributed by atoms with E-state index in [1.807, 2.05) is 41.5 Å². The van der Waals surface area contributed by atoms with Gasteiger partial charge in [-0.2, -0.15) is 0 Å². The molecule has 130 valence electrons. The minimum absolute atomic E-state index is 0.271. The molecule has 0 N–H and O–H groups in total. The summed E-state index contributed by atoms with van der Waals surface area (Å²) in [5, 5.41) is 11.7. The summed E-state index contributed by atoms with van der Waals surface area (Å²) in [7, 11) is 1.96. The Bertz CT molecular complexity index is 802. The highest BCUT2D eigenvalue weighted by Crippen LogP contribution is 2.28. The van der Waals surface area contributed by atoms with Gasteiger partial charge in [0, 0.05) is 37.6 Å². The molecule has 7 heteroatoms. The largest absolute Gasteiger partial charge is 0.376 e. The number of thiazole rings is 1. The van der Waals surface area contributed by atoms with Gasteiger partial charge in [-0.3, -0.25) is 9.58 Å². The van der Waals surface area contributed by atoms with E-state index in [4.69, 9.17) is 4.74 Å². The highest BCUT2D eigenvalue weighted by atomic mass is 32.1. The lowest BCUT2D eigenvalue weighted by Gasteiger charge is -2.31. The standard InChI is InChI=1S/C18H21N5OS/c1-22-18-15(13-24-12-14-5-3-2-4-6-14)9-23(10-16(18)20-21-22)11-17-19-7-8-25-17/h2-8,15H,9-13H2,1H3/t15-/m0/s1. The Balaban J connectivity index is 1.44. The monoisotopic (exact) mass is 355 g/mol. The Kier molecular flexibility index (Phi) is 4.87. The van der Waals surface area contributed by atoms with Crippen molar-refractivity contribution < 1.29 is 4.74 Å². The van der Waals surface area contributed by atoms with Crippen LogP contribution >= 0.6 is 11.3 Å². The van der Waals surface area contributed by atoms with E-state index in [-0.39, 0.29) is 5.92 Å². The fourth-order valence-corrected chi connectivity index (χ4v) is 4.02. The Morgan fingerprint density at radius 1 is 1.28 bits per heavy atom. The van der Waals surface area contributed by atoms with Crippen molar-refractivity contribution in [2.24, 2.45) is 7.05 Å². The number of benzene rings is 1. The summed E-state index contributed by atoms with van der Waals surface area (Å²) in [5.74, 6) is 0.271. The zero-order chi connectivity index (χ0) is 17.1. The van der Waals surface area contributed by atoms with Gasteiger partial charge in [-0.25, -0.2) is 4.98 Å². The van der Waals surface area contributed by atoms with Crippen LogP contribution in [0.1, 0.15) is 27.9 Å². The second-order valence-corrected chi connectivity index (χ2v) is 7.32. The lowest BCUT2D eigenvalue weighted by molar-refractivity contribution is 0.0829. The van der Waals surface area contributed by atoms with Crippen LogP contribution in [0.25, 0.3) is 0 Å². The molecule has 1 aromatic carbocycles. The van der Waals surface area contributed by atoms with Gasteiger partial charge in [0.15, 0.2) is 0 Å². The molecular weight excluding hydrogens is 334 g/mol. The Morgan fingerprint density at radius 3 is 2.96 bits per heavy atom. The number of aromatic nitrogens is 4. The van der Waals surface area contributed by atoms with E-state index in [9.17, 15) is 0 Å². The zero-order valence-electron chi connectivity index (χ0n) is 14.2. The predicted octanol–water partition coefficient (Wildman–Crippen LogP) is 2.59. The van der Waals surface area contributed by atoms with E-state index < -0.39 is 0 Å². The fraction of sp³-hybridized carbons (Fsp3) is 0.389. The average molecular weight is 355 g/mol. The van der Waals surface area contributed by atoms with Crippen molar-refractivity contribution in [3.05, 3.63) is 63.9 Å². The van der Waals surface area contributed by atoms with Crippen LogP contribution in [0, 0.1) is 0 Å². The molecule has 0 unspecified atom stereocenters. The minimum atomic E-state index is 0.271. The van der Waals surface area contributed by atoms with E-state index in [1.54, 1.807) is 11.3 Å². The van der Waals surface area contributed by atoms with E-state index in [2.05, 4.69) is 32.3 Å². The number of ether oxygens (including phenoxy) is 1. The van der Waals surface area contributed by atoms with Crippen LogP contribution in [0.4, 0.5) is 0 Å². The molecule has 6 nitrogen and oxygen atoms in total. The first-order valence-electron chi connectivity index (χ1n) is 8.40. The van der Waals surface area contributed by atoms with Crippen LogP contribution in [-0.2, 0) is 31.5 Å². The van der Waals surface area contributed by atoms with Crippen molar-refractivity contribution in [1.29, 1.82) is 0 Å². The van der Waals surface area contributed by atoms with E-state index in [0.29, 0.717) is 13.2 Å². The third-order valence-corrected chi connectivity index (χ3v) is 5.22. The maximum absolute atomic E-state index is 6.02. The number of rotatable bonds is 6. The van der Waals surface area contributed by atoms with Crippen molar-refractivity contribution in [2.75, 3.05) is 13.2 Å². The van der Waals surface area contributed by atoms with Crippen LogP contribution in [0.3, 0.4) is 0 Å². The maximum Gasteiger partial charge on any atom is 0.107 e. The van der Waals surface area contributed by atoms with Crippen molar-refractivity contribution >= 4 is 11.3 Å². The van der Waals surface area contributed by atoms with Crippen LogP contribution in [0.15, 0.2) is 41.9 Å². The Hall–Kier alpha value is -2.09. The molecule has 3 heterocycles. The van der Waals surface area contributed by atoms with Gasteiger partial charge >= 0.3 is 0 Å². The summed E-state index contributed by atoms with van der Waals surface area (Å²) < 4.78 is 7.91. The molecule has 1 aliphatic heterocycles. The molecule has 1 aliphatic rings. The molecule has 2 aromatic heterocycles. The van der Waals surface area contributed by atoms with Crippen molar-refractivity contribution in [3.8, 4) is 0 Å². The molecule has 0 bridgehead atoms. The lowest BCUT2D eigenvalue weighted by Crippen LogP contribution is -2.36. The first-order valence-corrected chi connectivity index (χ1v) is 9.28. The molecule has 4 rings (SSSR count). The summed E-state index contributed by atoms with van der Waals surface area (Å²) in [6.07, 6.45) is 1.86. The SMILES string of the molecule is Cn1nnc2c1[C@H](COCc1ccccc1)CN(Cc1nccs1)C2. The second kappa shape index (κ2) is 7.43. The summed E-state index contributed by atoms with van der Waals surface area (Å²) in [4.78, 5) is 6.78. The number of hydrogen-bond donors (Lipinski definition) is 0. The Labute approximate surface area is 151 Å². The highest BCUT2D eigenvalue weighted by molar-refractivity contribution is 7.09. The van der Waals surface area contributed by atoms with Crippen LogP contribution < -0.4 is 0 Å². The number of hydrogen-bond acceptors (Lipinski definition) is 6.